The van der Waals surface area contributed by atoms with E-state index in [9.17, 15) is 13.2 Å². The molecule has 9 heteroatoms. The number of aromatic nitrogens is 2. The maximum absolute atomic E-state index is 12.8. The van der Waals surface area contributed by atoms with Gasteiger partial charge in [-0.15, -0.1) is 0 Å². The van der Waals surface area contributed by atoms with Crippen molar-refractivity contribution in [3.05, 3.63) is 17.2 Å². The van der Waals surface area contributed by atoms with Gasteiger partial charge >= 0.3 is 0 Å². The predicted octanol–water partition coefficient (Wildman–Crippen LogP) is 1.38. The Kier molecular flexibility index (Phi) is 4.79. The number of aryl methyl sites for hydroxylation is 2. The molecule has 1 amide bonds. The Morgan fingerprint density at radius 1 is 1.24 bits per heavy atom. The largest absolute Gasteiger partial charge is 0.343 e. The predicted molar refractivity (Wildman–Crippen MR) is 91.4 cm³/mol. The third-order valence-electron chi connectivity index (χ3n) is 4.76. The second-order valence-corrected chi connectivity index (χ2v) is 8.31. The lowest BCUT2D eigenvalue weighted by atomic mass is 9.97. The van der Waals surface area contributed by atoms with Gasteiger partial charge in [-0.1, -0.05) is 6.07 Å². The van der Waals surface area contributed by atoms with Crippen LogP contribution >= 0.6 is 0 Å². The zero-order valence-electron chi connectivity index (χ0n) is 14.6. The number of rotatable bonds is 4. The molecule has 136 valence electrons. The van der Waals surface area contributed by atoms with Gasteiger partial charge < -0.3 is 4.90 Å². The fourth-order valence-corrected chi connectivity index (χ4v) is 4.80. The zero-order chi connectivity index (χ0) is 18.2. The number of carbonyl (C=O) groups is 1. The Balaban J connectivity index is 1.75. The number of hydrogen-bond acceptors (Lipinski definition) is 6. The van der Waals surface area contributed by atoms with Crippen molar-refractivity contribution in [2.24, 2.45) is 5.92 Å². The van der Waals surface area contributed by atoms with Crippen molar-refractivity contribution in [3.63, 3.8) is 0 Å². The highest BCUT2D eigenvalue weighted by atomic mass is 32.2. The van der Waals surface area contributed by atoms with Gasteiger partial charge in [0, 0.05) is 26.6 Å². The molecule has 0 bridgehead atoms. The van der Waals surface area contributed by atoms with Crippen molar-refractivity contribution in [1.29, 1.82) is 0 Å². The molecule has 1 aromatic heterocycles. The number of benzene rings is 1. The second-order valence-electron chi connectivity index (χ2n) is 6.60. The number of nitrogens with zero attached hydrogens (tertiary/aromatic N) is 3. The Hall–Kier alpha value is -2.00. The van der Waals surface area contributed by atoms with Crippen molar-refractivity contribution < 1.29 is 17.8 Å². The summed E-state index contributed by atoms with van der Waals surface area (Å²) in [4.78, 5) is 13.3. The number of piperidine rings is 1. The maximum Gasteiger partial charge on any atom is 0.243 e. The molecule has 0 aliphatic carbocycles. The highest BCUT2D eigenvalue weighted by Crippen LogP contribution is 2.27. The standard InChI is InChI=1S/C16H22N4O4S/c1-10-8-11(2)16(15-14(10)18-24-19-15)25(22,23)17-9-13-4-6-20(7-5-13)12(3)21/h8,13,17H,4-7,9H2,1-3H3. The molecule has 0 spiro atoms. The molecule has 2 aromatic rings. The number of carbonyl (C=O) groups excluding carboxylic acids is 1. The number of hydrogen-bond donors (Lipinski definition) is 1. The molecule has 1 aliphatic rings. The quantitative estimate of drug-likeness (QED) is 0.876. The first kappa shape index (κ1) is 17.8. The van der Waals surface area contributed by atoms with E-state index in [-0.39, 0.29) is 22.2 Å². The van der Waals surface area contributed by atoms with Gasteiger partial charge in [0.25, 0.3) is 0 Å². The molecule has 1 aliphatic heterocycles. The fraction of sp³-hybridized carbons (Fsp3) is 0.562. The van der Waals surface area contributed by atoms with E-state index in [0.717, 1.165) is 18.4 Å². The molecule has 1 fully saturated rings. The lowest BCUT2D eigenvalue weighted by Gasteiger charge is -2.31. The van der Waals surface area contributed by atoms with Crippen molar-refractivity contribution in [3.8, 4) is 0 Å². The average molecular weight is 366 g/mol. The summed E-state index contributed by atoms with van der Waals surface area (Å²) in [6, 6.07) is 1.77. The van der Waals surface area contributed by atoms with Crippen molar-refractivity contribution in [1.82, 2.24) is 19.9 Å². The van der Waals surface area contributed by atoms with E-state index in [4.69, 9.17) is 4.63 Å². The Labute approximate surface area is 146 Å². The molecule has 0 saturated carbocycles. The van der Waals surface area contributed by atoms with Crippen molar-refractivity contribution in [2.75, 3.05) is 19.6 Å². The molecule has 2 heterocycles. The molecular formula is C16H22N4O4S. The second kappa shape index (κ2) is 6.72. The molecule has 0 unspecified atom stereocenters. The molecular weight excluding hydrogens is 344 g/mol. The van der Waals surface area contributed by atoms with E-state index in [1.165, 1.54) is 0 Å². The van der Waals surface area contributed by atoms with E-state index in [1.807, 2.05) is 6.92 Å². The maximum atomic E-state index is 12.8. The van der Waals surface area contributed by atoms with Gasteiger partial charge in [-0.25, -0.2) is 17.8 Å². The van der Waals surface area contributed by atoms with Gasteiger partial charge in [0.2, 0.25) is 15.9 Å². The molecule has 8 nitrogen and oxygen atoms in total. The van der Waals surface area contributed by atoms with Crippen LogP contribution in [0.3, 0.4) is 0 Å². The lowest BCUT2D eigenvalue weighted by molar-refractivity contribution is -0.130. The number of fused-ring (bicyclic) bond motifs is 1. The summed E-state index contributed by atoms with van der Waals surface area (Å²) in [6.45, 7) is 6.81. The third-order valence-corrected chi connectivity index (χ3v) is 6.36. The molecule has 25 heavy (non-hydrogen) atoms. The van der Waals surface area contributed by atoms with Crippen LogP contribution in [-0.2, 0) is 14.8 Å². The first-order valence-corrected chi connectivity index (χ1v) is 9.75. The molecule has 1 saturated heterocycles. The zero-order valence-corrected chi connectivity index (χ0v) is 15.4. The van der Waals surface area contributed by atoms with Crippen LogP contribution in [0.15, 0.2) is 15.6 Å². The first-order valence-electron chi connectivity index (χ1n) is 8.27. The van der Waals surface area contributed by atoms with Crippen LogP contribution in [0.4, 0.5) is 0 Å². The summed E-state index contributed by atoms with van der Waals surface area (Å²) in [5, 5.41) is 7.57. The molecule has 1 N–H and O–H groups in total. The van der Waals surface area contributed by atoms with E-state index >= 15 is 0 Å². The van der Waals surface area contributed by atoms with Crippen molar-refractivity contribution >= 4 is 27.0 Å². The van der Waals surface area contributed by atoms with E-state index in [1.54, 1.807) is 24.8 Å². The van der Waals surface area contributed by atoms with Crippen LogP contribution in [0, 0.1) is 19.8 Å². The molecule has 0 atom stereocenters. The topological polar surface area (TPSA) is 105 Å². The molecule has 0 radical (unpaired) electrons. The monoisotopic (exact) mass is 366 g/mol. The minimum absolute atomic E-state index is 0.0650. The van der Waals surface area contributed by atoms with E-state index in [2.05, 4.69) is 15.0 Å². The van der Waals surface area contributed by atoms with Gasteiger partial charge in [0.1, 0.15) is 10.4 Å². The van der Waals surface area contributed by atoms with Gasteiger partial charge in [-0.2, -0.15) is 0 Å². The highest BCUT2D eigenvalue weighted by Gasteiger charge is 2.27. The third kappa shape index (κ3) is 3.52. The Bertz CT molecular complexity index is 898. The van der Waals surface area contributed by atoms with Gasteiger partial charge in [-0.05, 0) is 54.0 Å². The van der Waals surface area contributed by atoms with Crippen LogP contribution in [0.1, 0.15) is 30.9 Å². The van der Waals surface area contributed by atoms with Crippen molar-refractivity contribution in [2.45, 2.75) is 38.5 Å². The Morgan fingerprint density at radius 2 is 1.88 bits per heavy atom. The first-order chi connectivity index (χ1) is 11.8. The van der Waals surface area contributed by atoms with Crippen LogP contribution in [-0.4, -0.2) is 49.2 Å². The smallest absolute Gasteiger partial charge is 0.243 e. The highest BCUT2D eigenvalue weighted by molar-refractivity contribution is 7.89. The van der Waals surface area contributed by atoms with E-state index in [0.29, 0.717) is 30.7 Å². The fourth-order valence-electron chi connectivity index (χ4n) is 3.33. The number of amides is 1. The van der Waals surface area contributed by atoms with Crippen LogP contribution in [0.2, 0.25) is 0 Å². The van der Waals surface area contributed by atoms with Gasteiger partial charge in [-0.3, -0.25) is 4.79 Å². The SMILES string of the molecule is CC(=O)N1CCC(CNS(=O)(=O)c2c(C)cc(C)c3nonc23)CC1. The minimum atomic E-state index is -3.73. The number of likely N-dealkylation sites (tertiary alicyclic amines) is 1. The summed E-state index contributed by atoms with van der Waals surface area (Å²) in [5.74, 6) is 0.275. The van der Waals surface area contributed by atoms with Gasteiger partial charge in [0.15, 0.2) is 5.52 Å². The van der Waals surface area contributed by atoms with Crippen LogP contribution in [0.5, 0.6) is 0 Å². The number of nitrogens with one attached hydrogen (secondary N) is 1. The molecule has 1 aromatic carbocycles. The summed E-state index contributed by atoms with van der Waals surface area (Å²) in [7, 11) is -3.73. The lowest BCUT2D eigenvalue weighted by Crippen LogP contribution is -2.40. The van der Waals surface area contributed by atoms with Crippen LogP contribution < -0.4 is 4.72 Å². The summed E-state index contributed by atoms with van der Waals surface area (Å²) >= 11 is 0. The summed E-state index contributed by atoms with van der Waals surface area (Å²) in [5.41, 5.74) is 2.15. The van der Waals surface area contributed by atoms with E-state index < -0.39 is 10.0 Å². The molecule has 3 rings (SSSR count). The normalized spacial score (nSPS) is 16.5. The summed E-state index contributed by atoms with van der Waals surface area (Å²) < 4.78 is 33.0. The summed E-state index contributed by atoms with van der Waals surface area (Å²) in [6.07, 6.45) is 1.58. The van der Waals surface area contributed by atoms with Crippen LogP contribution in [0.25, 0.3) is 11.0 Å². The van der Waals surface area contributed by atoms with Gasteiger partial charge in [0.05, 0.1) is 0 Å². The minimum Gasteiger partial charge on any atom is -0.343 e. The Morgan fingerprint density at radius 3 is 2.52 bits per heavy atom. The number of sulfonamides is 1. The average Bonchev–Trinajstić information content (AvgIpc) is 3.02.